The van der Waals surface area contributed by atoms with Crippen LogP contribution < -0.4 is 5.32 Å². The Bertz CT molecular complexity index is 299. The van der Waals surface area contributed by atoms with Gasteiger partial charge in [-0.05, 0) is 26.2 Å². The maximum Gasteiger partial charge on any atom is 0.153 e. The number of nitrogens with one attached hydrogen (secondary N) is 1. The molecular formula is C11H25NO2S. The summed E-state index contributed by atoms with van der Waals surface area (Å²) in [5.41, 5.74) is 0.146. The van der Waals surface area contributed by atoms with Crippen LogP contribution in [0.1, 0.15) is 41.5 Å². The van der Waals surface area contributed by atoms with Crippen molar-refractivity contribution in [2.45, 2.75) is 52.3 Å². The van der Waals surface area contributed by atoms with Gasteiger partial charge in [-0.3, -0.25) is 0 Å². The van der Waals surface area contributed by atoms with E-state index in [2.05, 4.69) is 33.0 Å². The highest BCUT2D eigenvalue weighted by Crippen LogP contribution is 2.20. The van der Waals surface area contributed by atoms with E-state index in [1.54, 1.807) is 13.8 Å². The molecule has 0 aromatic rings. The fourth-order valence-electron chi connectivity index (χ4n) is 0.836. The van der Waals surface area contributed by atoms with Crippen molar-refractivity contribution in [3.63, 3.8) is 0 Å². The lowest BCUT2D eigenvalue weighted by Gasteiger charge is -2.32. The fourth-order valence-corrected chi connectivity index (χ4v) is 1.18. The van der Waals surface area contributed by atoms with Gasteiger partial charge in [0, 0.05) is 18.8 Å². The molecule has 0 aromatic heterocycles. The van der Waals surface area contributed by atoms with E-state index < -0.39 is 14.6 Å². The van der Waals surface area contributed by atoms with Crippen LogP contribution in [-0.4, -0.2) is 32.0 Å². The molecule has 1 N–H and O–H groups in total. The highest BCUT2D eigenvalue weighted by molar-refractivity contribution is 7.92. The SMILES string of the molecule is CC(NCC(C)(C)S(C)(=O)=O)C(C)(C)C. The summed E-state index contributed by atoms with van der Waals surface area (Å²) in [6, 6.07) is 0.290. The Balaban J connectivity index is 4.42. The van der Waals surface area contributed by atoms with Gasteiger partial charge >= 0.3 is 0 Å². The minimum absolute atomic E-state index is 0.146. The summed E-state index contributed by atoms with van der Waals surface area (Å²) in [5, 5.41) is 3.29. The van der Waals surface area contributed by atoms with Gasteiger partial charge < -0.3 is 5.32 Å². The maximum absolute atomic E-state index is 11.5. The first-order chi connectivity index (χ1) is 6.38. The van der Waals surface area contributed by atoms with Crippen LogP contribution in [0.15, 0.2) is 0 Å². The van der Waals surface area contributed by atoms with Crippen LogP contribution in [0, 0.1) is 5.41 Å². The quantitative estimate of drug-likeness (QED) is 0.808. The molecule has 15 heavy (non-hydrogen) atoms. The molecule has 0 rings (SSSR count). The second-order valence-corrected chi connectivity index (χ2v) is 8.65. The van der Waals surface area contributed by atoms with Crippen LogP contribution in [0.2, 0.25) is 0 Å². The average Bonchev–Trinajstić information content (AvgIpc) is 1.96. The molecule has 0 aromatic carbocycles. The summed E-state index contributed by atoms with van der Waals surface area (Å²) < 4.78 is 22.2. The van der Waals surface area contributed by atoms with Crippen molar-refractivity contribution in [1.29, 1.82) is 0 Å². The molecule has 0 aliphatic rings. The molecular weight excluding hydrogens is 210 g/mol. The van der Waals surface area contributed by atoms with E-state index in [0.29, 0.717) is 12.6 Å². The largest absolute Gasteiger partial charge is 0.312 e. The van der Waals surface area contributed by atoms with Crippen LogP contribution in [0.4, 0.5) is 0 Å². The Kier molecular flexibility index (Phi) is 4.39. The third-order valence-electron chi connectivity index (χ3n) is 3.14. The smallest absolute Gasteiger partial charge is 0.153 e. The number of sulfone groups is 1. The first-order valence-electron chi connectivity index (χ1n) is 5.31. The zero-order valence-electron chi connectivity index (χ0n) is 11.0. The summed E-state index contributed by atoms with van der Waals surface area (Å²) in [6.45, 7) is 12.5. The van der Waals surface area contributed by atoms with E-state index in [1.807, 2.05) is 0 Å². The topological polar surface area (TPSA) is 46.2 Å². The second-order valence-electron chi connectivity index (χ2n) is 6.00. The van der Waals surface area contributed by atoms with Gasteiger partial charge in [-0.15, -0.1) is 0 Å². The van der Waals surface area contributed by atoms with Crippen LogP contribution in [0.25, 0.3) is 0 Å². The van der Waals surface area contributed by atoms with Crippen LogP contribution >= 0.6 is 0 Å². The molecule has 4 heteroatoms. The van der Waals surface area contributed by atoms with Gasteiger partial charge in [-0.25, -0.2) is 8.42 Å². The molecule has 0 heterocycles. The molecule has 0 radical (unpaired) electrons. The van der Waals surface area contributed by atoms with Gasteiger partial charge in [0.1, 0.15) is 0 Å². The average molecular weight is 235 g/mol. The third-order valence-corrected chi connectivity index (χ3v) is 5.29. The van der Waals surface area contributed by atoms with Gasteiger partial charge in [0.15, 0.2) is 9.84 Å². The molecule has 1 unspecified atom stereocenters. The number of hydrogen-bond donors (Lipinski definition) is 1. The zero-order valence-corrected chi connectivity index (χ0v) is 11.8. The van der Waals surface area contributed by atoms with E-state index in [-0.39, 0.29) is 5.41 Å². The summed E-state index contributed by atoms with van der Waals surface area (Å²) in [6.07, 6.45) is 1.29. The minimum Gasteiger partial charge on any atom is -0.312 e. The lowest BCUT2D eigenvalue weighted by Crippen LogP contribution is -2.48. The lowest BCUT2D eigenvalue weighted by molar-refractivity contribution is 0.280. The van der Waals surface area contributed by atoms with E-state index in [1.165, 1.54) is 6.26 Å². The van der Waals surface area contributed by atoms with Crippen LogP contribution in [0.3, 0.4) is 0 Å². The van der Waals surface area contributed by atoms with E-state index >= 15 is 0 Å². The summed E-state index contributed by atoms with van der Waals surface area (Å²) >= 11 is 0. The second kappa shape index (κ2) is 4.42. The predicted molar refractivity (Wildman–Crippen MR) is 65.8 cm³/mol. The van der Waals surface area contributed by atoms with Crippen LogP contribution in [-0.2, 0) is 9.84 Å². The molecule has 0 fully saturated rings. The van der Waals surface area contributed by atoms with E-state index in [9.17, 15) is 8.42 Å². The van der Waals surface area contributed by atoms with E-state index in [0.717, 1.165) is 0 Å². The summed E-state index contributed by atoms with van der Waals surface area (Å²) in [7, 11) is -3.01. The Labute approximate surface area is 94.6 Å². The van der Waals surface area contributed by atoms with E-state index in [4.69, 9.17) is 0 Å². The van der Waals surface area contributed by atoms with Crippen molar-refractivity contribution in [3.05, 3.63) is 0 Å². The Morgan fingerprint density at radius 1 is 1.13 bits per heavy atom. The van der Waals surface area contributed by atoms with Gasteiger partial charge in [0.2, 0.25) is 0 Å². The first kappa shape index (κ1) is 14.9. The van der Waals surface area contributed by atoms with Crippen molar-refractivity contribution < 1.29 is 8.42 Å². The Hall–Kier alpha value is -0.0900. The molecule has 0 spiro atoms. The zero-order chi connectivity index (χ0) is 12.5. The first-order valence-corrected chi connectivity index (χ1v) is 7.20. The summed E-state index contributed by atoms with van der Waals surface area (Å²) in [5.74, 6) is 0. The molecule has 0 aliphatic heterocycles. The maximum atomic E-state index is 11.5. The Morgan fingerprint density at radius 3 is 1.80 bits per heavy atom. The van der Waals surface area contributed by atoms with Crippen LogP contribution in [0.5, 0.6) is 0 Å². The van der Waals surface area contributed by atoms with Crippen molar-refractivity contribution in [3.8, 4) is 0 Å². The predicted octanol–water partition coefficient (Wildman–Crippen LogP) is 1.83. The van der Waals surface area contributed by atoms with Crippen molar-refractivity contribution >= 4 is 9.84 Å². The van der Waals surface area contributed by atoms with Gasteiger partial charge in [-0.2, -0.15) is 0 Å². The molecule has 3 nitrogen and oxygen atoms in total. The summed E-state index contributed by atoms with van der Waals surface area (Å²) in [4.78, 5) is 0. The van der Waals surface area contributed by atoms with Gasteiger partial charge in [0.25, 0.3) is 0 Å². The van der Waals surface area contributed by atoms with Crippen molar-refractivity contribution in [2.24, 2.45) is 5.41 Å². The molecule has 0 saturated heterocycles. The normalized spacial score (nSPS) is 16.5. The van der Waals surface area contributed by atoms with Gasteiger partial charge in [0.05, 0.1) is 4.75 Å². The Morgan fingerprint density at radius 2 is 1.53 bits per heavy atom. The highest BCUT2D eigenvalue weighted by Gasteiger charge is 2.31. The molecule has 0 saturated carbocycles. The van der Waals surface area contributed by atoms with Crippen molar-refractivity contribution in [2.75, 3.05) is 12.8 Å². The number of rotatable bonds is 4. The molecule has 0 aliphatic carbocycles. The third kappa shape index (κ3) is 4.51. The standard InChI is InChI=1S/C11H25NO2S/c1-9(10(2,3)4)12-8-11(5,6)15(7,13)14/h9,12H,8H2,1-7H3. The number of hydrogen-bond acceptors (Lipinski definition) is 3. The van der Waals surface area contributed by atoms with Gasteiger partial charge in [-0.1, -0.05) is 20.8 Å². The minimum atomic E-state index is -3.01. The molecule has 1 atom stereocenters. The fraction of sp³-hybridized carbons (Fsp3) is 1.00. The molecule has 0 bridgehead atoms. The molecule has 92 valence electrons. The molecule has 0 amide bonds. The highest BCUT2D eigenvalue weighted by atomic mass is 32.2. The monoisotopic (exact) mass is 235 g/mol. The lowest BCUT2D eigenvalue weighted by atomic mass is 9.88. The van der Waals surface area contributed by atoms with Crippen molar-refractivity contribution in [1.82, 2.24) is 5.32 Å².